The summed E-state index contributed by atoms with van der Waals surface area (Å²) in [4.78, 5) is 37.4. The topological polar surface area (TPSA) is 110 Å². The van der Waals surface area contributed by atoms with Gasteiger partial charge in [-0.25, -0.2) is 23.5 Å². The Labute approximate surface area is 301 Å². The van der Waals surface area contributed by atoms with E-state index in [1.54, 1.807) is 0 Å². The number of carboxylic acids is 1. The van der Waals surface area contributed by atoms with Gasteiger partial charge >= 0.3 is 5.97 Å². The van der Waals surface area contributed by atoms with Crippen molar-refractivity contribution in [2.24, 2.45) is 23.7 Å². The molecule has 2 N–H and O–H groups in total. The van der Waals surface area contributed by atoms with Crippen molar-refractivity contribution in [2.75, 3.05) is 13.1 Å². The zero-order valence-corrected chi connectivity index (χ0v) is 30.5. The third-order valence-electron chi connectivity index (χ3n) is 12.2. The second-order valence-corrected chi connectivity index (χ2v) is 16.5. The highest BCUT2D eigenvalue weighted by Gasteiger charge is 2.57. The van der Waals surface area contributed by atoms with Gasteiger partial charge in [-0.1, -0.05) is 13.8 Å². The molecule has 1 aliphatic heterocycles. The maximum Gasteiger partial charge on any atom is 0.329 e. The van der Waals surface area contributed by atoms with Crippen LogP contribution in [-0.4, -0.2) is 73.1 Å². The molecular formula is C39H49F4N5O4. The minimum Gasteiger partial charge on any atom is -0.490 e. The first kappa shape index (κ1) is 36.6. The number of carbonyl (C=O) groups is 2. The molecule has 7 rings (SSSR count). The third-order valence-corrected chi connectivity index (χ3v) is 12.2. The van der Waals surface area contributed by atoms with Crippen LogP contribution >= 0.6 is 0 Å². The fourth-order valence-corrected chi connectivity index (χ4v) is 9.77. The van der Waals surface area contributed by atoms with E-state index in [-0.39, 0.29) is 48.9 Å². The first-order chi connectivity index (χ1) is 24.4. The van der Waals surface area contributed by atoms with Crippen LogP contribution in [0, 0.1) is 23.7 Å². The Morgan fingerprint density at radius 3 is 2.40 bits per heavy atom. The molecule has 5 atom stereocenters. The molecule has 4 fully saturated rings. The summed E-state index contributed by atoms with van der Waals surface area (Å²) in [6.45, 7) is 8.24. The molecule has 1 saturated heterocycles. The molecular weight excluding hydrogens is 678 g/mol. The number of benzene rings is 1. The number of aliphatic carboxylic acids is 1. The largest absolute Gasteiger partial charge is 0.490 e. The highest BCUT2D eigenvalue weighted by Crippen LogP contribution is 2.50. The summed E-state index contributed by atoms with van der Waals surface area (Å²) in [6, 6.07) is 5.72. The number of aromatic nitrogens is 3. The van der Waals surface area contributed by atoms with E-state index >= 15 is 8.78 Å². The lowest BCUT2D eigenvalue weighted by molar-refractivity contribution is -0.155. The predicted molar refractivity (Wildman–Crippen MR) is 188 cm³/mol. The molecule has 3 heterocycles. The maximum absolute atomic E-state index is 15.3. The maximum atomic E-state index is 15.3. The van der Waals surface area contributed by atoms with Gasteiger partial charge in [0.05, 0.1) is 30.3 Å². The van der Waals surface area contributed by atoms with E-state index in [0.717, 1.165) is 43.8 Å². The molecule has 282 valence electrons. The first-order valence-corrected chi connectivity index (χ1v) is 18.7. The van der Waals surface area contributed by atoms with E-state index in [4.69, 9.17) is 4.74 Å². The van der Waals surface area contributed by atoms with Gasteiger partial charge in [0.2, 0.25) is 0 Å². The number of nitrogens with zero attached hydrogens (tertiary/aromatic N) is 4. The lowest BCUT2D eigenvalue weighted by atomic mass is 9.56. The van der Waals surface area contributed by atoms with Crippen LogP contribution in [0.4, 0.5) is 17.6 Å². The van der Waals surface area contributed by atoms with Crippen molar-refractivity contribution in [2.45, 2.75) is 122 Å². The van der Waals surface area contributed by atoms with Gasteiger partial charge in [0.1, 0.15) is 17.0 Å². The zero-order valence-electron chi connectivity index (χ0n) is 30.5. The summed E-state index contributed by atoms with van der Waals surface area (Å²) in [5.41, 5.74) is -1.50. The van der Waals surface area contributed by atoms with E-state index in [1.165, 1.54) is 0 Å². The van der Waals surface area contributed by atoms with E-state index in [0.29, 0.717) is 54.7 Å². The molecule has 0 radical (unpaired) electrons. The van der Waals surface area contributed by atoms with Gasteiger partial charge in [-0.3, -0.25) is 9.69 Å². The fourth-order valence-electron chi connectivity index (χ4n) is 9.77. The molecule has 4 aliphatic rings. The van der Waals surface area contributed by atoms with Crippen molar-refractivity contribution in [1.82, 2.24) is 24.8 Å². The van der Waals surface area contributed by atoms with Crippen molar-refractivity contribution in [1.29, 1.82) is 0 Å². The Bertz CT molecular complexity index is 1840. The molecule has 2 aromatic heterocycles. The van der Waals surface area contributed by atoms with Gasteiger partial charge in [0.25, 0.3) is 17.8 Å². The molecule has 9 nitrogen and oxygen atoms in total. The van der Waals surface area contributed by atoms with Gasteiger partial charge in [0, 0.05) is 48.4 Å². The summed E-state index contributed by atoms with van der Waals surface area (Å²) < 4.78 is 65.8. The molecule has 3 aliphatic carbocycles. The number of fused-ring (bicyclic) bond motifs is 3. The number of alkyl halides is 4. The highest BCUT2D eigenvalue weighted by atomic mass is 19.3. The second-order valence-electron chi connectivity index (χ2n) is 16.5. The summed E-state index contributed by atoms with van der Waals surface area (Å²) in [5.74, 6) is -7.54. The lowest BCUT2D eigenvalue weighted by Crippen LogP contribution is -2.66. The SMILES string of the molecule is CC1CC2CC(C)C(NC(=O)c3cnc(-c4cn(C(C)C)c5cc(O[C@H]6CC[C@H](N7CC(F)(F)C7)CC6)ccc45)nc3C(C)(F)F)(C(=O)O)C(C1)C2. The van der Waals surface area contributed by atoms with Crippen LogP contribution in [0.15, 0.2) is 30.6 Å². The number of carboxylic acid groups (broad SMARTS) is 1. The van der Waals surface area contributed by atoms with Crippen LogP contribution in [0.1, 0.15) is 108 Å². The van der Waals surface area contributed by atoms with Crippen molar-refractivity contribution < 1.29 is 37.0 Å². The molecule has 1 amide bonds. The molecule has 13 heteroatoms. The number of hydrogen-bond donors (Lipinski definition) is 2. The second kappa shape index (κ2) is 13.3. The first-order valence-electron chi connectivity index (χ1n) is 18.7. The van der Waals surface area contributed by atoms with Crippen LogP contribution in [0.3, 0.4) is 0 Å². The monoisotopic (exact) mass is 727 g/mol. The number of likely N-dealkylation sites (tertiary alicyclic amines) is 1. The summed E-state index contributed by atoms with van der Waals surface area (Å²) >= 11 is 0. The minimum absolute atomic E-state index is 0.0134. The van der Waals surface area contributed by atoms with Crippen molar-refractivity contribution in [3.8, 4) is 17.1 Å². The molecule has 0 spiro atoms. The van der Waals surface area contributed by atoms with E-state index in [1.807, 2.05) is 54.6 Å². The van der Waals surface area contributed by atoms with Crippen molar-refractivity contribution in [3.63, 3.8) is 0 Å². The predicted octanol–water partition coefficient (Wildman–Crippen LogP) is 8.08. The van der Waals surface area contributed by atoms with Crippen LogP contribution in [0.5, 0.6) is 5.75 Å². The number of rotatable bonds is 9. The van der Waals surface area contributed by atoms with Crippen LogP contribution < -0.4 is 10.1 Å². The number of hydrogen-bond acceptors (Lipinski definition) is 6. The number of halogens is 4. The molecule has 3 saturated carbocycles. The standard InChI is InChI=1S/C39H49F4N5O4/c1-21(2)48-18-31(29-11-10-28(16-32(29)48)52-27-8-6-26(7-9-27)47-19-38(42,43)20-47)34-44-17-30(33(45-34)37(5,40)41)35(49)46-39(36(50)51)23(4)14-24-12-22(3)13-25(39)15-24/h10-11,16-18,21-27H,6-9,12-15,19-20H2,1-5H3,(H,46,49)(H,50,51)/t22?,23?,24?,25?,26-,27-,39?. The third kappa shape index (κ3) is 6.66. The molecule has 2 bridgehead atoms. The van der Waals surface area contributed by atoms with Crippen LogP contribution in [0.2, 0.25) is 0 Å². The van der Waals surface area contributed by atoms with E-state index < -0.39 is 40.5 Å². The Morgan fingerprint density at radius 2 is 1.77 bits per heavy atom. The van der Waals surface area contributed by atoms with Crippen molar-refractivity contribution in [3.05, 3.63) is 41.9 Å². The average Bonchev–Trinajstić information content (AvgIpc) is 3.44. The van der Waals surface area contributed by atoms with Gasteiger partial charge in [0.15, 0.2) is 5.82 Å². The number of ether oxygens (including phenoxy) is 1. The Kier molecular flexibility index (Phi) is 9.35. The number of amides is 1. The smallest absolute Gasteiger partial charge is 0.329 e. The van der Waals surface area contributed by atoms with Gasteiger partial charge in [-0.2, -0.15) is 8.78 Å². The molecule has 1 aromatic carbocycles. The molecule has 3 aromatic rings. The average molecular weight is 728 g/mol. The number of carbonyl (C=O) groups excluding carboxylic acids is 1. The van der Waals surface area contributed by atoms with E-state index in [2.05, 4.69) is 22.2 Å². The van der Waals surface area contributed by atoms with Crippen LogP contribution in [-0.2, 0) is 10.7 Å². The Balaban J connectivity index is 1.15. The zero-order chi connectivity index (χ0) is 37.3. The minimum atomic E-state index is -3.53. The summed E-state index contributed by atoms with van der Waals surface area (Å²) in [6.07, 6.45) is 8.91. The summed E-state index contributed by atoms with van der Waals surface area (Å²) in [7, 11) is 0. The summed E-state index contributed by atoms with van der Waals surface area (Å²) in [5, 5.41) is 14.0. The molecule has 52 heavy (non-hydrogen) atoms. The van der Waals surface area contributed by atoms with Gasteiger partial charge in [-0.05, 0) is 101 Å². The Morgan fingerprint density at radius 1 is 1.06 bits per heavy atom. The van der Waals surface area contributed by atoms with Gasteiger partial charge in [-0.15, -0.1) is 0 Å². The number of nitrogens with one attached hydrogen (secondary N) is 1. The fraction of sp³-hybridized carbons (Fsp3) is 0.641. The molecule has 5 unspecified atom stereocenters. The van der Waals surface area contributed by atoms with Crippen molar-refractivity contribution >= 4 is 22.8 Å². The van der Waals surface area contributed by atoms with E-state index in [9.17, 15) is 23.5 Å². The lowest BCUT2D eigenvalue weighted by Gasteiger charge is -2.52. The normalized spacial score (nSPS) is 30.6. The Hall–Kier alpha value is -3.74. The highest BCUT2D eigenvalue weighted by molar-refractivity contribution is 6.00. The van der Waals surface area contributed by atoms with Crippen LogP contribution in [0.25, 0.3) is 22.3 Å². The van der Waals surface area contributed by atoms with Gasteiger partial charge < -0.3 is 19.7 Å². The quantitative estimate of drug-likeness (QED) is 0.215.